The van der Waals surface area contributed by atoms with Gasteiger partial charge in [0.15, 0.2) is 0 Å². The molecule has 0 saturated heterocycles. The van der Waals surface area contributed by atoms with Crippen molar-refractivity contribution < 1.29 is 19.1 Å². The average molecular weight is 448 g/mol. The van der Waals surface area contributed by atoms with Crippen LogP contribution in [0.1, 0.15) is 44.7 Å². The molecular weight excluding hydrogens is 419 g/mol. The van der Waals surface area contributed by atoms with Gasteiger partial charge in [-0.1, -0.05) is 74.5 Å². The molecule has 4 nitrogen and oxygen atoms in total. The van der Waals surface area contributed by atoms with Crippen molar-refractivity contribution >= 4 is 30.5 Å². The van der Waals surface area contributed by atoms with E-state index in [0.29, 0.717) is 11.5 Å². The second kappa shape index (κ2) is 11.1. The van der Waals surface area contributed by atoms with Gasteiger partial charge < -0.3 is 9.47 Å². The predicted octanol–water partition coefficient (Wildman–Crippen LogP) is 5.34. The fourth-order valence-corrected chi connectivity index (χ4v) is 6.07. The molecule has 0 radical (unpaired) electrons. The smallest absolute Gasteiger partial charge is 0.308 e. The molecule has 0 bridgehead atoms. The molecule has 3 rings (SSSR count). The molecule has 0 atom stereocenters. The van der Waals surface area contributed by atoms with E-state index in [1.807, 2.05) is 38.1 Å². The number of hydrogen-bond donors (Lipinski definition) is 0. The van der Waals surface area contributed by atoms with Gasteiger partial charge in [0, 0.05) is 19.4 Å². The Balaban J connectivity index is 1.97. The van der Waals surface area contributed by atoms with Crippen LogP contribution in [0, 0.1) is 0 Å². The lowest BCUT2D eigenvalue weighted by Crippen LogP contribution is -2.15. The van der Waals surface area contributed by atoms with Crippen molar-refractivity contribution in [2.45, 2.75) is 40.0 Å². The first kappa shape index (κ1) is 23.7. The van der Waals surface area contributed by atoms with Crippen molar-refractivity contribution in [3.63, 3.8) is 0 Å². The fourth-order valence-electron chi connectivity index (χ4n) is 3.71. The average Bonchev–Trinajstić information content (AvgIpc) is 2.74. The molecule has 0 N–H and O–H groups in total. The molecule has 0 aliphatic carbocycles. The van der Waals surface area contributed by atoms with Crippen molar-refractivity contribution in [2.24, 2.45) is 0 Å². The van der Waals surface area contributed by atoms with Gasteiger partial charge in [-0.3, -0.25) is 9.59 Å². The highest BCUT2D eigenvalue weighted by atomic mass is 31.1. The van der Waals surface area contributed by atoms with Crippen LogP contribution in [0.5, 0.6) is 11.5 Å². The topological polar surface area (TPSA) is 52.6 Å². The van der Waals surface area contributed by atoms with E-state index in [1.165, 1.54) is 24.5 Å². The monoisotopic (exact) mass is 448 g/mol. The zero-order valence-electron chi connectivity index (χ0n) is 19.0. The number of esters is 2. The SMILES string of the molecule is CC(=O)Oc1cc(CCP(c2ccccc2)c2ccccc2)cc(OC(C)=O)c1C(C)C. The van der Waals surface area contributed by atoms with Gasteiger partial charge in [0.05, 0.1) is 0 Å². The van der Waals surface area contributed by atoms with Crippen LogP contribution in [0.3, 0.4) is 0 Å². The summed E-state index contributed by atoms with van der Waals surface area (Å²) in [7, 11) is -0.563. The number of hydrogen-bond acceptors (Lipinski definition) is 4. The Labute approximate surface area is 191 Å². The minimum Gasteiger partial charge on any atom is -0.426 e. The highest BCUT2D eigenvalue weighted by molar-refractivity contribution is 7.73. The van der Waals surface area contributed by atoms with Crippen LogP contribution in [0.2, 0.25) is 0 Å². The third-order valence-corrected chi connectivity index (χ3v) is 7.52. The maximum atomic E-state index is 11.7. The van der Waals surface area contributed by atoms with E-state index in [4.69, 9.17) is 9.47 Å². The van der Waals surface area contributed by atoms with E-state index in [2.05, 4.69) is 48.5 Å². The minimum absolute atomic E-state index is 0.0264. The summed E-state index contributed by atoms with van der Waals surface area (Å²) in [6.07, 6.45) is 1.68. The first-order valence-corrected chi connectivity index (χ1v) is 12.3. The molecule has 166 valence electrons. The molecule has 3 aromatic carbocycles. The highest BCUT2D eigenvalue weighted by Crippen LogP contribution is 2.39. The summed E-state index contributed by atoms with van der Waals surface area (Å²) >= 11 is 0. The zero-order chi connectivity index (χ0) is 23.1. The Kier molecular flexibility index (Phi) is 8.19. The standard InChI is InChI=1S/C27H29O4P/c1-19(2)27-25(30-20(3)28)17-22(18-26(27)31-21(4)29)15-16-32(23-11-7-5-8-12-23)24-13-9-6-10-14-24/h5-14,17-19H,15-16H2,1-4H3. The molecule has 0 aromatic heterocycles. The Morgan fingerprint density at radius 2 is 1.22 bits per heavy atom. The summed E-state index contributed by atoms with van der Waals surface area (Å²) in [5, 5.41) is 2.63. The lowest BCUT2D eigenvalue weighted by molar-refractivity contribution is -0.132. The molecule has 0 aliphatic rings. The molecule has 0 spiro atoms. The van der Waals surface area contributed by atoms with E-state index in [0.717, 1.165) is 23.7 Å². The second-order valence-electron chi connectivity index (χ2n) is 7.92. The summed E-state index contributed by atoms with van der Waals surface area (Å²) in [6.45, 7) is 6.73. The van der Waals surface area contributed by atoms with Crippen molar-refractivity contribution in [2.75, 3.05) is 6.16 Å². The van der Waals surface area contributed by atoms with E-state index in [-0.39, 0.29) is 5.92 Å². The van der Waals surface area contributed by atoms with Crippen molar-refractivity contribution in [3.8, 4) is 11.5 Å². The number of carbonyl (C=O) groups excluding carboxylic acids is 2. The Hall–Kier alpha value is -2.97. The molecule has 32 heavy (non-hydrogen) atoms. The normalized spacial score (nSPS) is 10.9. The summed E-state index contributed by atoms with van der Waals surface area (Å²) in [5.74, 6) is 0.163. The van der Waals surface area contributed by atoms with Gasteiger partial charge in [0.25, 0.3) is 0 Å². The number of rotatable bonds is 8. The maximum Gasteiger partial charge on any atom is 0.308 e. The number of benzene rings is 3. The Morgan fingerprint density at radius 3 is 1.59 bits per heavy atom. The highest BCUT2D eigenvalue weighted by Gasteiger charge is 2.20. The molecule has 0 heterocycles. The molecular formula is C27H29O4P. The van der Waals surface area contributed by atoms with Crippen molar-refractivity contribution in [1.82, 2.24) is 0 Å². The van der Waals surface area contributed by atoms with Crippen molar-refractivity contribution in [3.05, 3.63) is 83.9 Å². The van der Waals surface area contributed by atoms with E-state index < -0.39 is 19.9 Å². The first-order valence-electron chi connectivity index (χ1n) is 10.8. The van der Waals surface area contributed by atoms with Crippen LogP contribution < -0.4 is 20.1 Å². The van der Waals surface area contributed by atoms with E-state index >= 15 is 0 Å². The van der Waals surface area contributed by atoms with Gasteiger partial charge in [-0.15, -0.1) is 0 Å². The summed E-state index contributed by atoms with van der Waals surface area (Å²) < 4.78 is 11.0. The summed E-state index contributed by atoms with van der Waals surface area (Å²) in [5.41, 5.74) is 1.70. The summed E-state index contributed by atoms with van der Waals surface area (Å²) in [6, 6.07) is 24.9. The van der Waals surface area contributed by atoms with Crippen molar-refractivity contribution in [1.29, 1.82) is 0 Å². The van der Waals surface area contributed by atoms with Gasteiger partial charge in [-0.2, -0.15) is 0 Å². The Bertz CT molecular complexity index is 985. The van der Waals surface area contributed by atoms with Crippen LogP contribution in [-0.4, -0.2) is 18.1 Å². The lowest BCUT2D eigenvalue weighted by atomic mass is 9.98. The fraction of sp³-hybridized carbons (Fsp3) is 0.259. The Morgan fingerprint density at radius 1 is 0.781 bits per heavy atom. The third kappa shape index (κ3) is 6.27. The second-order valence-corrected chi connectivity index (χ2v) is 10.3. The van der Waals surface area contributed by atoms with Crippen LogP contribution in [0.4, 0.5) is 0 Å². The third-order valence-electron chi connectivity index (χ3n) is 5.01. The zero-order valence-corrected chi connectivity index (χ0v) is 19.9. The van der Waals surface area contributed by atoms with Crippen LogP contribution in [0.25, 0.3) is 0 Å². The first-order chi connectivity index (χ1) is 15.3. The van der Waals surface area contributed by atoms with Crippen LogP contribution in [-0.2, 0) is 16.0 Å². The van der Waals surface area contributed by atoms with E-state index in [9.17, 15) is 9.59 Å². The van der Waals surface area contributed by atoms with Gasteiger partial charge in [-0.25, -0.2) is 0 Å². The molecule has 0 saturated carbocycles. The molecule has 0 fully saturated rings. The summed E-state index contributed by atoms with van der Waals surface area (Å²) in [4.78, 5) is 23.5. The van der Waals surface area contributed by atoms with Gasteiger partial charge in [-0.05, 0) is 54.7 Å². The van der Waals surface area contributed by atoms with E-state index in [1.54, 1.807) is 0 Å². The van der Waals surface area contributed by atoms with Gasteiger partial charge >= 0.3 is 11.9 Å². The predicted molar refractivity (Wildman–Crippen MR) is 131 cm³/mol. The van der Waals surface area contributed by atoms with Gasteiger partial charge in [0.1, 0.15) is 11.5 Å². The maximum absolute atomic E-state index is 11.7. The number of carbonyl (C=O) groups is 2. The molecule has 3 aromatic rings. The van der Waals surface area contributed by atoms with Gasteiger partial charge in [0.2, 0.25) is 0 Å². The minimum atomic E-state index is -0.563. The molecule has 0 unspecified atom stereocenters. The van der Waals surface area contributed by atoms with Crippen LogP contribution in [0.15, 0.2) is 72.8 Å². The van der Waals surface area contributed by atoms with Crippen LogP contribution >= 0.6 is 7.92 Å². The number of ether oxygens (including phenoxy) is 2. The quantitative estimate of drug-likeness (QED) is 0.265. The lowest BCUT2D eigenvalue weighted by Gasteiger charge is -2.21. The molecule has 0 aliphatic heterocycles. The molecule has 0 amide bonds. The number of aryl methyl sites for hydroxylation is 1. The largest absolute Gasteiger partial charge is 0.426 e. The molecule has 5 heteroatoms.